The third-order valence-corrected chi connectivity index (χ3v) is 2.39. The van der Waals surface area contributed by atoms with Gasteiger partial charge in [0.05, 0.1) is 6.10 Å². The number of aryl methyl sites for hydroxylation is 1. The van der Waals surface area contributed by atoms with Gasteiger partial charge < -0.3 is 5.11 Å². The molecule has 0 amide bonds. The Morgan fingerprint density at radius 1 is 1.50 bits per heavy atom. The molecule has 0 radical (unpaired) electrons. The van der Waals surface area contributed by atoms with Crippen molar-refractivity contribution in [2.75, 3.05) is 5.88 Å². The standard InChI is InChI=1S/C11H14ClFO/c1-8-4-5-10(13)9(7-8)11(14)3-2-6-12/h4-5,7,11,14H,2-3,6H2,1H3. The molecule has 14 heavy (non-hydrogen) atoms. The molecule has 0 fully saturated rings. The molecular weight excluding hydrogens is 203 g/mol. The number of alkyl halides is 1. The summed E-state index contributed by atoms with van der Waals surface area (Å²) in [6, 6.07) is 4.75. The summed E-state index contributed by atoms with van der Waals surface area (Å²) in [5.74, 6) is 0.141. The second-order valence-electron chi connectivity index (χ2n) is 3.37. The van der Waals surface area contributed by atoms with Gasteiger partial charge in [-0.15, -0.1) is 11.6 Å². The summed E-state index contributed by atoms with van der Waals surface area (Å²) >= 11 is 5.50. The van der Waals surface area contributed by atoms with Gasteiger partial charge in [0.2, 0.25) is 0 Å². The van der Waals surface area contributed by atoms with Crippen molar-refractivity contribution in [1.29, 1.82) is 0 Å². The predicted octanol–water partition coefficient (Wildman–Crippen LogP) is 3.19. The second kappa shape index (κ2) is 5.32. The Hall–Kier alpha value is -0.600. The van der Waals surface area contributed by atoms with E-state index in [0.29, 0.717) is 24.3 Å². The van der Waals surface area contributed by atoms with Crippen LogP contribution in [-0.4, -0.2) is 11.0 Å². The zero-order valence-corrected chi connectivity index (χ0v) is 8.89. The summed E-state index contributed by atoms with van der Waals surface area (Å²) in [4.78, 5) is 0. The highest BCUT2D eigenvalue weighted by molar-refractivity contribution is 6.17. The Morgan fingerprint density at radius 2 is 2.21 bits per heavy atom. The Balaban J connectivity index is 2.77. The third kappa shape index (κ3) is 2.96. The van der Waals surface area contributed by atoms with Crippen molar-refractivity contribution >= 4 is 11.6 Å². The van der Waals surface area contributed by atoms with E-state index in [-0.39, 0.29) is 5.82 Å². The van der Waals surface area contributed by atoms with Crippen LogP contribution in [0.3, 0.4) is 0 Å². The monoisotopic (exact) mass is 216 g/mol. The lowest BCUT2D eigenvalue weighted by Crippen LogP contribution is -2.01. The molecule has 0 aromatic heterocycles. The van der Waals surface area contributed by atoms with Gasteiger partial charge in [-0.05, 0) is 25.8 Å². The Morgan fingerprint density at radius 3 is 2.86 bits per heavy atom. The fraction of sp³-hybridized carbons (Fsp3) is 0.455. The molecule has 1 aromatic rings. The van der Waals surface area contributed by atoms with Crippen LogP contribution in [0.2, 0.25) is 0 Å². The summed E-state index contributed by atoms with van der Waals surface area (Å²) < 4.78 is 13.3. The molecule has 1 N–H and O–H groups in total. The van der Waals surface area contributed by atoms with Crippen molar-refractivity contribution in [2.45, 2.75) is 25.9 Å². The smallest absolute Gasteiger partial charge is 0.129 e. The fourth-order valence-corrected chi connectivity index (χ4v) is 1.50. The molecule has 1 atom stereocenters. The minimum absolute atomic E-state index is 0.349. The Labute approximate surface area is 88.5 Å². The first kappa shape index (κ1) is 11.5. The number of halogens is 2. The first-order valence-electron chi connectivity index (χ1n) is 4.65. The van der Waals surface area contributed by atoms with Crippen molar-refractivity contribution in [3.8, 4) is 0 Å². The number of aliphatic hydroxyl groups excluding tert-OH is 1. The summed E-state index contributed by atoms with van der Waals surface area (Å²) in [5, 5.41) is 9.66. The van der Waals surface area contributed by atoms with E-state index in [0.717, 1.165) is 5.56 Å². The predicted molar refractivity (Wildman–Crippen MR) is 56.1 cm³/mol. The van der Waals surface area contributed by atoms with Gasteiger partial charge in [-0.2, -0.15) is 0 Å². The molecule has 0 heterocycles. The van der Waals surface area contributed by atoms with E-state index in [1.165, 1.54) is 6.07 Å². The van der Waals surface area contributed by atoms with Gasteiger partial charge in [0.25, 0.3) is 0 Å². The fourth-order valence-electron chi connectivity index (χ4n) is 1.34. The van der Waals surface area contributed by atoms with Crippen LogP contribution in [0.1, 0.15) is 30.1 Å². The molecule has 1 unspecified atom stereocenters. The van der Waals surface area contributed by atoms with Crippen LogP contribution in [0.25, 0.3) is 0 Å². The lowest BCUT2D eigenvalue weighted by atomic mass is 10.0. The van der Waals surface area contributed by atoms with Crippen molar-refractivity contribution in [1.82, 2.24) is 0 Å². The van der Waals surface area contributed by atoms with E-state index < -0.39 is 6.10 Å². The van der Waals surface area contributed by atoms with Crippen molar-refractivity contribution in [2.24, 2.45) is 0 Å². The highest BCUT2D eigenvalue weighted by Gasteiger charge is 2.11. The molecule has 0 saturated carbocycles. The molecule has 0 aliphatic heterocycles. The minimum atomic E-state index is -0.742. The highest BCUT2D eigenvalue weighted by atomic mass is 35.5. The maximum Gasteiger partial charge on any atom is 0.129 e. The van der Waals surface area contributed by atoms with Crippen LogP contribution in [0.5, 0.6) is 0 Å². The van der Waals surface area contributed by atoms with E-state index in [4.69, 9.17) is 11.6 Å². The second-order valence-corrected chi connectivity index (χ2v) is 3.75. The zero-order chi connectivity index (χ0) is 10.6. The quantitative estimate of drug-likeness (QED) is 0.767. The van der Waals surface area contributed by atoms with Gasteiger partial charge in [0, 0.05) is 11.4 Å². The van der Waals surface area contributed by atoms with E-state index in [9.17, 15) is 9.50 Å². The van der Waals surface area contributed by atoms with Gasteiger partial charge in [-0.25, -0.2) is 4.39 Å². The van der Waals surface area contributed by atoms with Gasteiger partial charge >= 0.3 is 0 Å². The number of aliphatic hydroxyl groups is 1. The first-order chi connectivity index (χ1) is 6.65. The van der Waals surface area contributed by atoms with Crippen LogP contribution in [0.15, 0.2) is 18.2 Å². The van der Waals surface area contributed by atoms with Gasteiger partial charge in [-0.1, -0.05) is 17.7 Å². The molecule has 78 valence electrons. The number of benzene rings is 1. The van der Waals surface area contributed by atoms with Crippen LogP contribution in [0, 0.1) is 12.7 Å². The number of hydrogen-bond acceptors (Lipinski definition) is 1. The number of hydrogen-bond donors (Lipinski definition) is 1. The summed E-state index contributed by atoms with van der Waals surface area (Å²) in [5.41, 5.74) is 1.32. The molecule has 0 bridgehead atoms. The molecular formula is C11H14ClFO. The van der Waals surface area contributed by atoms with Crippen molar-refractivity contribution in [3.05, 3.63) is 35.1 Å². The van der Waals surface area contributed by atoms with Gasteiger partial charge in [-0.3, -0.25) is 0 Å². The van der Waals surface area contributed by atoms with Crippen LogP contribution in [0.4, 0.5) is 4.39 Å². The van der Waals surface area contributed by atoms with Crippen molar-refractivity contribution in [3.63, 3.8) is 0 Å². The molecule has 1 nitrogen and oxygen atoms in total. The largest absolute Gasteiger partial charge is 0.388 e. The summed E-state index contributed by atoms with van der Waals surface area (Å²) in [6.45, 7) is 1.87. The molecule has 0 spiro atoms. The van der Waals surface area contributed by atoms with Gasteiger partial charge in [0.1, 0.15) is 5.82 Å². The lowest BCUT2D eigenvalue weighted by molar-refractivity contribution is 0.162. The van der Waals surface area contributed by atoms with E-state index in [1.807, 2.05) is 6.92 Å². The van der Waals surface area contributed by atoms with Gasteiger partial charge in [0.15, 0.2) is 0 Å². The molecule has 3 heteroatoms. The average Bonchev–Trinajstić information content (AvgIpc) is 2.18. The van der Waals surface area contributed by atoms with E-state index in [2.05, 4.69) is 0 Å². The molecule has 1 rings (SSSR count). The third-order valence-electron chi connectivity index (χ3n) is 2.12. The van der Waals surface area contributed by atoms with E-state index in [1.54, 1.807) is 12.1 Å². The highest BCUT2D eigenvalue weighted by Crippen LogP contribution is 2.22. The molecule has 0 aliphatic carbocycles. The summed E-state index contributed by atoms with van der Waals surface area (Å²) in [6.07, 6.45) is 0.452. The van der Waals surface area contributed by atoms with Crippen LogP contribution in [-0.2, 0) is 0 Å². The maximum absolute atomic E-state index is 13.3. The van der Waals surface area contributed by atoms with E-state index >= 15 is 0 Å². The topological polar surface area (TPSA) is 20.2 Å². The Kier molecular flexibility index (Phi) is 4.36. The normalized spacial score (nSPS) is 12.9. The molecule has 0 saturated heterocycles. The number of rotatable bonds is 4. The Bertz CT molecular complexity index is 301. The van der Waals surface area contributed by atoms with Crippen molar-refractivity contribution < 1.29 is 9.50 Å². The minimum Gasteiger partial charge on any atom is -0.388 e. The first-order valence-corrected chi connectivity index (χ1v) is 5.18. The zero-order valence-electron chi connectivity index (χ0n) is 8.13. The SMILES string of the molecule is Cc1ccc(F)c(C(O)CCCCl)c1. The molecule has 0 aliphatic rings. The molecule has 1 aromatic carbocycles. The van der Waals surface area contributed by atoms with Crippen LogP contribution >= 0.6 is 11.6 Å². The lowest BCUT2D eigenvalue weighted by Gasteiger charge is -2.11. The maximum atomic E-state index is 13.3. The average molecular weight is 217 g/mol. The summed E-state index contributed by atoms with van der Waals surface area (Å²) in [7, 11) is 0. The van der Waals surface area contributed by atoms with Crippen LogP contribution < -0.4 is 0 Å².